The number of ether oxygens (including phenoxy) is 1. The fourth-order valence-corrected chi connectivity index (χ4v) is 2.85. The van der Waals surface area contributed by atoms with Crippen LogP contribution < -0.4 is 11.7 Å². The molecule has 1 unspecified atom stereocenters. The van der Waals surface area contributed by atoms with Gasteiger partial charge in [0.1, 0.15) is 0 Å². The first-order valence-electron chi connectivity index (χ1n) is 10.9. The predicted octanol–water partition coefficient (Wildman–Crippen LogP) is 3.82. The molecule has 10 nitrogen and oxygen atoms in total. The van der Waals surface area contributed by atoms with Gasteiger partial charge in [0.05, 0.1) is 26.0 Å². The van der Waals surface area contributed by atoms with E-state index in [1.807, 2.05) is 48.5 Å². The number of aliphatic carboxylic acids is 2. The number of esters is 1. The van der Waals surface area contributed by atoms with Crippen LogP contribution in [0.1, 0.15) is 41.0 Å². The summed E-state index contributed by atoms with van der Waals surface area (Å²) in [6.45, 7) is 0. The molecule has 0 radical (unpaired) electrons. The van der Waals surface area contributed by atoms with Crippen LogP contribution in [0.3, 0.4) is 0 Å². The normalized spacial score (nSPS) is 12.1. The molecule has 0 aliphatic rings. The molecule has 220 valence electrons. The van der Waals surface area contributed by atoms with Crippen molar-refractivity contribution >= 4 is 30.3 Å². The fraction of sp³-hybridized carbons (Fsp3) is 0.292. The van der Waals surface area contributed by atoms with E-state index in [4.69, 9.17) is 36.2 Å². The number of hydrazone groups is 2. The maximum atomic E-state index is 11.8. The summed E-state index contributed by atoms with van der Waals surface area (Å²) >= 11 is 0. The lowest BCUT2D eigenvalue weighted by Gasteiger charge is -2.17. The fourth-order valence-electron chi connectivity index (χ4n) is 2.85. The lowest BCUT2D eigenvalue weighted by atomic mass is 9.89. The summed E-state index contributed by atoms with van der Waals surface area (Å²) in [5.41, 5.74) is 4.12. The quantitative estimate of drug-likeness (QED) is 0.120. The second kappa shape index (κ2) is 17.1. The van der Waals surface area contributed by atoms with Gasteiger partial charge in [0, 0.05) is 0 Å². The van der Waals surface area contributed by atoms with Crippen molar-refractivity contribution in [3.63, 3.8) is 0 Å². The molecule has 0 spiro atoms. The van der Waals surface area contributed by atoms with Crippen LogP contribution in [-0.2, 0) is 25.5 Å². The first-order valence-corrected chi connectivity index (χ1v) is 10.9. The third-order valence-corrected chi connectivity index (χ3v) is 4.72. The number of carboxylic acids is 2. The maximum absolute atomic E-state index is 11.8. The summed E-state index contributed by atoms with van der Waals surface area (Å²) in [5, 5.41) is 21.3. The van der Waals surface area contributed by atoms with Crippen LogP contribution in [0.15, 0.2) is 58.7 Å². The second-order valence-electron chi connectivity index (χ2n) is 7.59. The van der Waals surface area contributed by atoms with E-state index in [2.05, 4.69) is 10.2 Å². The molecule has 0 fully saturated rings. The second-order valence-corrected chi connectivity index (χ2v) is 7.59. The number of rotatable bonds is 8. The summed E-state index contributed by atoms with van der Waals surface area (Å²) in [5.74, 6) is 4.72. The summed E-state index contributed by atoms with van der Waals surface area (Å²) in [7, 11) is 1.41. The van der Waals surface area contributed by atoms with Crippen molar-refractivity contribution in [2.45, 2.75) is 37.5 Å². The highest BCUT2D eigenvalue weighted by Crippen LogP contribution is 2.26. The Labute approximate surface area is 223 Å². The highest BCUT2D eigenvalue weighted by molar-refractivity contribution is 5.80. The van der Waals surface area contributed by atoms with Crippen molar-refractivity contribution in [1.82, 2.24) is 0 Å². The lowest BCUT2D eigenvalue weighted by molar-refractivity contribution is -0.193. The molecule has 0 bridgehead atoms. The molecule has 2 aromatic rings. The Morgan fingerprint density at radius 3 is 1.77 bits per heavy atom. The van der Waals surface area contributed by atoms with Gasteiger partial charge in [0.25, 0.3) is 0 Å². The number of carbonyl (C=O) groups excluding carboxylic acids is 1. The number of halogens is 6. The SMILES string of the molecule is COC(=O)CC(CCc1ccc(C=NN)cc1)c1cccc(C=NN)c1.O=C(O)C(F)(F)F.O=C(O)C(F)(F)F. The molecule has 0 heterocycles. The Kier molecular flexibility index (Phi) is 15.1. The molecule has 16 heteroatoms. The summed E-state index contributed by atoms with van der Waals surface area (Å²) in [6, 6.07) is 15.9. The first-order chi connectivity index (χ1) is 18.5. The van der Waals surface area contributed by atoms with Gasteiger partial charge in [-0.15, -0.1) is 0 Å². The third kappa shape index (κ3) is 14.9. The monoisotopic (exact) mass is 580 g/mol. The van der Waals surface area contributed by atoms with E-state index < -0.39 is 24.3 Å². The number of carbonyl (C=O) groups is 3. The number of methoxy groups -OCH3 is 1. The van der Waals surface area contributed by atoms with Gasteiger partial charge in [-0.25, -0.2) is 9.59 Å². The average molecular weight is 580 g/mol. The van der Waals surface area contributed by atoms with Crippen LogP contribution >= 0.6 is 0 Å². The van der Waals surface area contributed by atoms with Crippen molar-refractivity contribution in [3.05, 3.63) is 70.8 Å². The van der Waals surface area contributed by atoms with Gasteiger partial charge in [0.15, 0.2) is 0 Å². The van der Waals surface area contributed by atoms with E-state index in [1.165, 1.54) is 12.7 Å². The van der Waals surface area contributed by atoms with Crippen molar-refractivity contribution in [3.8, 4) is 0 Å². The van der Waals surface area contributed by atoms with Crippen molar-refractivity contribution in [1.29, 1.82) is 0 Å². The minimum absolute atomic E-state index is 0.0545. The number of hydrogen-bond acceptors (Lipinski definition) is 8. The Balaban J connectivity index is 0.000000894. The molecule has 2 aromatic carbocycles. The minimum Gasteiger partial charge on any atom is -0.475 e. The number of alkyl halides is 6. The van der Waals surface area contributed by atoms with Crippen LogP contribution in [0.2, 0.25) is 0 Å². The summed E-state index contributed by atoms with van der Waals surface area (Å²) in [6.07, 6.45) is -4.97. The molecule has 1 atom stereocenters. The standard InChI is InChI=1S/C20H24N4O2.2C2HF3O2/c1-26-20(25)12-19(18-4-2-3-17(11-18)14-24-22)10-9-15-5-7-16(8-6-15)13-23-21;2*3-2(4,5)1(6)7/h2-8,11,13-14,19H,9-10,12,21-22H2,1H3;2*(H,6,7). The van der Waals surface area contributed by atoms with Crippen LogP contribution in [-0.4, -0.2) is 60.0 Å². The van der Waals surface area contributed by atoms with Gasteiger partial charge in [-0.3, -0.25) is 4.79 Å². The molecule has 2 rings (SSSR count). The van der Waals surface area contributed by atoms with Crippen LogP contribution in [0.25, 0.3) is 0 Å². The number of nitrogens with zero attached hydrogens (tertiary/aromatic N) is 2. The molecule has 0 saturated carbocycles. The molecule has 0 saturated heterocycles. The van der Waals surface area contributed by atoms with E-state index in [1.54, 1.807) is 12.4 Å². The molecule has 6 N–H and O–H groups in total. The Morgan fingerprint density at radius 1 is 0.875 bits per heavy atom. The van der Waals surface area contributed by atoms with Crippen LogP contribution in [0, 0.1) is 0 Å². The van der Waals surface area contributed by atoms with E-state index in [0.717, 1.165) is 29.5 Å². The summed E-state index contributed by atoms with van der Waals surface area (Å²) < 4.78 is 68.3. The van der Waals surface area contributed by atoms with Crippen LogP contribution in [0.5, 0.6) is 0 Å². The van der Waals surface area contributed by atoms with E-state index in [0.29, 0.717) is 6.42 Å². The largest absolute Gasteiger partial charge is 0.490 e. The van der Waals surface area contributed by atoms with Gasteiger partial charge in [-0.05, 0) is 47.1 Å². The summed E-state index contributed by atoms with van der Waals surface area (Å²) in [4.78, 5) is 29.6. The zero-order valence-corrected chi connectivity index (χ0v) is 20.8. The van der Waals surface area contributed by atoms with E-state index in [9.17, 15) is 31.1 Å². The highest BCUT2D eigenvalue weighted by atomic mass is 19.4. The van der Waals surface area contributed by atoms with Gasteiger partial charge in [-0.1, -0.05) is 42.5 Å². The van der Waals surface area contributed by atoms with Crippen molar-refractivity contribution < 1.29 is 55.7 Å². The number of aryl methyl sites for hydroxylation is 1. The van der Waals surface area contributed by atoms with Gasteiger partial charge in [-0.2, -0.15) is 36.5 Å². The zero-order chi connectivity index (χ0) is 30.9. The zero-order valence-electron chi connectivity index (χ0n) is 20.8. The predicted molar refractivity (Wildman–Crippen MR) is 132 cm³/mol. The van der Waals surface area contributed by atoms with Gasteiger partial charge < -0.3 is 26.6 Å². The Hall–Kier alpha value is -4.63. The van der Waals surface area contributed by atoms with Gasteiger partial charge in [0.2, 0.25) is 0 Å². The Bertz CT molecular complexity index is 1130. The number of hydrogen-bond donors (Lipinski definition) is 4. The van der Waals surface area contributed by atoms with E-state index in [-0.39, 0.29) is 11.9 Å². The van der Waals surface area contributed by atoms with Crippen LogP contribution in [0.4, 0.5) is 26.3 Å². The molecular weight excluding hydrogens is 554 g/mol. The third-order valence-electron chi connectivity index (χ3n) is 4.72. The number of nitrogens with two attached hydrogens (primary N) is 2. The minimum atomic E-state index is -5.08. The van der Waals surface area contributed by atoms with Crippen molar-refractivity contribution in [2.24, 2.45) is 21.9 Å². The highest BCUT2D eigenvalue weighted by Gasteiger charge is 2.38. The van der Waals surface area contributed by atoms with Crippen molar-refractivity contribution in [2.75, 3.05) is 7.11 Å². The lowest BCUT2D eigenvalue weighted by Crippen LogP contribution is -2.21. The number of benzene rings is 2. The molecular formula is C24H26F6N4O6. The van der Waals surface area contributed by atoms with Gasteiger partial charge >= 0.3 is 30.3 Å². The molecule has 0 aliphatic carbocycles. The molecule has 40 heavy (non-hydrogen) atoms. The smallest absolute Gasteiger partial charge is 0.475 e. The first kappa shape index (κ1) is 35.4. The molecule has 0 aromatic heterocycles. The average Bonchev–Trinajstić information content (AvgIpc) is 2.87. The maximum Gasteiger partial charge on any atom is 0.490 e. The molecule has 0 aliphatic heterocycles. The Morgan fingerprint density at radius 2 is 1.35 bits per heavy atom. The van der Waals surface area contributed by atoms with E-state index >= 15 is 0 Å². The topological polar surface area (TPSA) is 178 Å². The molecule has 0 amide bonds. The number of carboxylic acid groups (broad SMARTS) is 2.